The van der Waals surface area contributed by atoms with Crippen molar-refractivity contribution in [2.24, 2.45) is 5.73 Å². The minimum absolute atomic E-state index is 0.0462. The maximum atomic E-state index is 12.1. The summed E-state index contributed by atoms with van der Waals surface area (Å²) in [5.74, 6) is 0.909. The van der Waals surface area contributed by atoms with Crippen molar-refractivity contribution >= 4 is 23.7 Å². The summed E-state index contributed by atoms with van der Waals surface area (Å²) in [4.78, 5) is 23.1. The maximum Gasteiger partial charge on any atom is 0.318 e. The van der Waals surface area contributed by atoms with Crippen molar-refractivity contribution < 1.29 is 14.0 Å². The van der Waals surface area contributed by atoms with Gasteiger partial charge in [-0.25, -0.2) is 4.79 Å². The van der Waals surface area contributed by atoms with Crippen LogP contribution in [0.25, 0.3) is 11.4 Å². The zero-order chi connectivity index (χ0) is 21.9. The van der Waals surface area contributed by atoms with E-state index < -0.39 is 17.2 Å². The SMILES string of the molecule is CC(Sc1nnc(-c2ccc(C(C)(C)C)cc2)n1Cc1ccco1)C(=O)NC(N)=O. The molecule has 3 aromatic rings. The summed E-state index contributed by atoms with van der Waals surface area (Å²) in [5.41, 5.74) is 7.21. The van der Waals surface area contributed by atoms with Gasteiger partial charge in [-0.05, 0) is 30.0 Å². The van der Waals surface area contributed by atoms with Crippen molar-refractivity contribution in [3.63, 3.8) is 0 Å². The molecule has 0 spiro atoms. The molecule has 0 aliphatic carbocycles. The number of rotatable bonds is 6. The Morgan fingerprint density at radius 1 is 1.20 bits per heavy atom. The molecule has 0 saturated carbocycles. The predicted octanol–water partition coefficient (Wildman–Crippen LogP) is 3.56. The van der Waals surface area contributed by atoms with Crippen LogP contribution in [0.3, 0.4) is 0 Å². The molecular weight excluding hydrogens is 402 g/mol. The molecule has 0 saturated heterocycles. The zero-order valence-corrected chi connectivity index (χ0v) is 18.2. The van der Waals surface area contributed by atoms with Gasteiger partial charge in [-0.2, -0.15) is 0 Å². The molecule has 3 rings (SSSR count). The van der Waals surface area contributed by atoms with Gasteiger partial charge in [0, 0.05) is 5.56 Å². The van der Waals surface area contributed by atoms with Gasteiger partial charge in [0.05, 0.1) is 18.1 Å². The van der Waals surface area contributed by atoms with E-state index in [1.165, 1.54) is 17.3 Å². The van der Waals surface area contributed by atoms with Gasteiger partial charge in [0.1, 0.15) is 5.76 Å². The largest absolute Gasteiger partial charge is 0.467 e. The Balaban J connectivity index is 1.93. The van der Waals surface area contributed by atoms with Gasteiger partial charge < -0.3 is 10.2 Å². The van der Waals surface area contributed by atoms with E-state index in [4.69, 9.17) is 10.2 Å². The highest BCUT2D eigenvalue weighted by Crippen LogP contribution is 2.30. The summed E-state index contributed by atoms with van der Waals surface area (Å²) in [6.07, 6.45) is 1.60. The van der Waals surface area contributed by atoms with Crippen molar-refractivity contribution in [2.45, 2.75) is 50.1 Å². The fraction of sp³-hybridized carbons (Fsp3) is 0.333. The van der Waals surface area contributed by atoms with Crippen LogP contribution in [0.2, 0.25) is 0 Å². The first-order valence-electron chi connectivity index (χ1n) is 9.48. The summed E-state index contributed by atoms with van der Waals surface area (Å²) >= 11 is 1.19. The number of urea groups is 1. The number of carbonyl (C=O) groups excluding carboxylic acids is 2. The van der Waals surface area contributed by atoms with E-state index in [0.29, 0.717) is 17.5 Å². The second kappa shape index (κ2) is 8.74. The minimum Gasteiger partial charge on any atom is -0.467 e. The summed E-state index contributed by atoms with van der Waals surface area (Å²) in [6.45, 7) is 8.56. The number of nitrogens with two attached hydrogens (primary N) is 1. The molecule has 0 bridgehead atoms. The number of nitrogens with zero attached hydrogens (tertiary/aromatic N) is 3. The molecule has 3 amide bonds. The Morgan fingerprint density at radius 2 is 1.90 bits per heavy atom. The minimum atomic E-state index is -0.885. The number of thioether (sulfide) groups is 1. The van der Waals surface area contributed by atoms with Crippen molar-refractivity contribution in [3.05, 3.63) is 54.0 Å². The first-order valence-corrected chi connectivity index (χ1v) is 10.4. The third-order valence-electron chi connectivity index (χ3n) is 4.52. The molecule has 0 fully saturated rings. The lowest BCUT2D eigenvalue weighted by atomic mass is 9.87. The molecule has 8 nitrogen and oxygen atoms in total. The van der Waals surface area contributed by atoms with E-state index in [2.05, 4.69) is 48.4 Å². The van der Waals surface area contributed by atoms with Crippen LogP contribution in [-0.2, 0) is 16.8 Å². The molecule has 2 aromatic heterocycles. The van der Waals surface area contributed by atoms with Crippen LogP contribution in [0, 0.1) is 0 Å². The summed E-state index contributed by atoms with van der Waals surface area (Å²) in [6, 6.07) is 11.0. The Hall–Kier alpha value is -3.07. The maximum absolute atomic E-state index is 12.1. The number of hydrogen-bond donors (Lipinski definition) is 2. The summed E-state index contributed by atoms with van der Waals surface area (Å²) in [5, 5.41) is 10.7. The van der Waals surface area contributed by atoms with Gasteiger partial charge in [-0.3, -0.25) is 14.7 Å². The van der Waals surface area contributed by atoms with Crippen LogP contribution in [0.5, 0.6) is 0 Å². The lowest BCUT2D eigenvalue weighted by Crippen LogP contribution is -2.39. The van der Waals surface area contributed by atoms with Crippen molar-refractivity contribution in [2.75, 3.05) is 0 Å². The first kappa shape index (κ1) is 21.6. The van der Waals surface area contributed by atoms with Gasteiger partial charge in [-0.1, -0.05) is 56.8 Å². The highest BCUT2D eigenvalue weighted by Gasteiger charge is 2.22. The van der Waals surface area contributed by atoms with E-state index in [9.17, 15) is 9.59 Å². The van der Waals surface area contributed by atoms with Gasteiger partial charge in [0.25, 0.3) is 0 Å². The quantitative estimate of drug-likeness (QED) is 0.581. The third-order valence-corrected chi connectivity index (χ3v) is 5.60. The van der Waals surface area contributed by atoms with Crippen LogP contribution < -0.4 is 11.1 Å². The zero-order valence-electron chi connectivity index (χ0n) is 17.4. The second-order valence-corrected chi connectivity index (χ2v) is 9.22. The van der Waals surface area contributed by atoms with E-state index in [1.54, 1.807) is 13.2 Å². The fourth-order valence-electron chi connectivity index (χ4n) is 2.84. The van der Waals surface area contributed by atoms with Crippen LogP contribution in [0.4, 0.5) is 4.79 Å². The number of benzene rings is 1. The molecule has 0 radical (unpaired) electrons. The molecule has 3 N–H and O–H groups in total. The molecule has 30 heavy (non-hydrogen) atoms. The number of hydrogen-bond acceptors (Lipinski definition) is 6. The van der Waals surface area contributed by atoms with E-state index in [-0.39, 0.29) is 5.41 Å². The number of primary amides is 1. The lowest BCUT2D eigenvalue weighted by molar-refractivity contribution is -0.119. The molecular formula is C21H25N5O3S. The van der Waals surface area contributed by atoms with Crippen LogP contribution in [0.1, 0.15) is 39.0 Å². The fourth-order valence-corrected chi connectivity index (χ4v) is 3.69. The predicted molar refractivity (Wildman–Crippen MR) is 115 cm³/mol. The Labute approximate surface area is 179 Å². The monoisotopic (exact) mass is 427 g/mol. The average Bonchev–Trinajstić information content (AvgIpc) is 3.31. The number of furan rings is 1. The standard InChI is InChI=1S/C21H25N5O3S/c1-13(18(27)23-19(22)28)30-20-25-24-17(26(20)12-16-6-5-11-29-16)14-7-9-15(10-8-14)21(2,3)4/h5-11,13H,12H2,1-4H3,(H3,22,23,27,28). The molecule has 1 unspecified atom stereocenters. The number of amides is 3. The van der Waals surface area contributed by atoms with Crippen molar-refractivity contribution in [1.29, 1.82) is 0 Å². The molecule has 1 aromatic carbocycles. The Morgan fingerprint density at radius 3 is 2.47 bits per heavy atom. The van der Waals surface area contributed by atoms with E-state index >= 15 is 0 Å². The van der Waals surface area contributed by atoms with E-state index in [1.807, 2.05) is 28.8 Å². The van der Waals surface area contributed by atoms with Gasteiger partial charge in [-0.15, -0.1) is 10.2 Å². The van der Waals surface area contributed by atoms with Gasteiger partial charge in [0.2, 0.25) is 5.91 Å². The Kier molecular flexibility index (Phi) is 6.31. The molecule has 0 aliphatic rings. The van der Waals surface area contributed by atoms with Gasteiger partial charge >= 0.3 is 6.03 Å². The highest BCUT2D eigenvalue weighted by atomic mass is 32.2. The number of carbonyl (C=O) groups is 2. The van der Waals surface area contributed by atoms with E-state index in [0.717, 1.165) is 11.3 Å². The average molecular weight is 428 g/mol. The smallest absolute Gasteiger partial charge is 0.318 e. The highest BCUT2D eigenvalue weighted by molar-refractivity contribution is 8.00. The molecule has 9 heteroatoms. The van der Waals surface area contributed by atoms with Crippen molar-refractivity contribution in [1.82, 2.24) is 20.1 Å². The summed E-state index contributed by atoms with van der Waals surface area (Å²) in [7, 11) is 0. The second-order valence-electron chi connectivity index (χ2n) is 7.91. The van der Waals surface area contributed by atoms with Crippen LogP contribution in [0.15, 0.2) is 52.2 Å². The first-order chi connectivity index (χ1) is 14.1. The molecule has 158 valence electrons. The molecule has 0 aliphatic heterocycles. The lowest BCUT2D eigenvalue weighted by Gasteiger charge is -2.19. The number of nitrogens with one attached hydrogen (secondary N) is 1. The van der Waals surface area contributed by atoms with Crippen molar-refractivity contribution in [3.8, 4) is 11.4 Å². The number of imide groups is 1. The topological polar surface area (TPSA) is 116 Å². The van der Waals surface area contributed by atoms with Crippen LogP contribution in [-0.4, -0.2) is 32.0 Å². The van der Waals surface area contributed by atoms with Gasteiger partial charge in [0.15, 0.2) is 11.0 Å². The number of aromatic nitrogens is 3. The van der Waals surface area contributed by atoms with Crippen LogP contribution >= 0.6 is 11.8 Å². The molecule has 1 atom stereocenters. The Bertz CT molecular complexity index is 1020. The summed E-state index contributed by atoms with van der Waals surface area (Å²) < 4.78 is 7.39. The third kappa shape index (κ3) is 5.10. The molecule has 2 heterocycles. The normalized spacial score (nSPS) is 12.5.